The molecule has 16 nitrogen and oxygen atoms in total. The average molecular weight is 1710 g/mol. The first-order valence-electron chi connectivity index (χ1n) is 45.3. The molecule has 644 valence electrons. The van der Waals surface area contributed by atoms with Gasteiger partial charge in [0.1, 0.15) is 45.9 Å². The van der Waals surface area contributed by atoms with Gasteiger partial charge < -0.3 is 9.97 Å². The van der Waals surface area contributed by atoms with Crippen molar-refractivity contribution >= 4 is 67.3 Å². The van der Waals surface area contributed by atoms with Crippen LogP contribution in [-0.2, 0) is 70.5 Å². The predicted octanol–water partition coefficient (Wildman–Crippen LogP) is 24.7. The number of carbonyl (C=O) groups is 4. The first kappa shape index (κ1) is 87.2. The number of pyridine rings is 2. The van der Waals surface area contributed by atoms with Crippen LogP contribution >= 0.6 is 0 Å². The van der Waals surface area contributed by atoms with Crippen molar-refractivity contribution in [3.05, 3.63) is 394 Å². The largest absolute Gasteiger partial charge is 0.360 e. The van der Waals surface area contributed by atoms with Gasteiger partial charge in [0.05, 0.1) is 89.7 Å². The number of aromatic nitrogens is 12. The number of H-pyrrole nitrogens is 2. The second kappa shape index (κ2) is 41.7. The van der Waals surface area contributed by atoms with Crippen molar-refractivity contribution in [1.29, 1.82) is 0 Å². The Hall–Kier alpha value is -14.9. The molecule has 0 atom stereocenters. The van der Waals surface area contributed by atoms with Crippen LogP contribution in [0.3, 0.4) is 0 Å². The maximum Gasteiger partial charge on any atom is 0.141 e. The van der Waals surface area contributed by atoms with Gasteiger partial charge in [-0.05, 0) is 195 Å². The number of fused-ring (bicyclic) bond motifs is 4. The van der Waals surface area contributed by atoms with E-state index in [0.717, 1.165) is 145 Å². The van der Waals surface area contributed by atoms with E-state index < -0.39 is 0 Å². The molecule has 8 aromatic heterocycles. The van der Waals surface area contributed by atoms with E-state index in [2.05, 4.69) is 101 Å². The molecule has 16 heteroatoms. The minimum absolute atomic E-state index is 0.168. The zero-order valence-electron chi connectivity index (χ0n) is 74.0. The summed E-state index contributed by atoms with van der Waals surface area (Å²) < 4.78 is 0. The molecule has 2 aliphatic rings. The lowest BCUT2D eigenvalue weighted by molar-refractivity contribution is -0.118. The highest BCUT2D eigenvalue weighted by molar-refractivity contribution is 5.92. The van der Waals surface area contributed by atoms with Crippen LogP contribution in [0, 0.1) is 27.7 Å². The smallest absolute Gasteiger partial charge is 0.141 e. The SMILES string of the molecule is Cc1ccc(CC(=O)Cc2ccc3nc(-c4ccc[nH]4)c(-c4ccc[nH]4)nc3c2)cc1.Cc1ccc(CC(=O)Cc2ccc3nc(-c4ccccc4)c(-c4ccccc4)nc3c2)cc1.Cc1ccc(CC(=O)Cc2ccc3nc(-c4ccccn4)c(-c4ccccn4)nc3c2)cc1.Cc1ccc(CC(=O)Cc2ccc3nc(C4CCCCC4)c(C4CCCCC4)nc3c2)cc1. The Balaban J connectivity index is 0.000000121. The Labute approximate surface area is 758 Å². The summed E-state index contributed by atoms with van der Waals surface area (Å²) in [6.45, 7) is 8.21. The van der Waals surface area contributed by atoms with Gasteiger partial charge in [0.2, 0.25) is 0 Å². The average Bonchev–Trinajstić information content (AvgIpc) is 1.73. The zero-order valence-corrected chi connectivity index (χ0v) is 74.0. The van der Waals surface area contributed by atoms with Gasteiger partial charge in [0.25, 0.3) is 0 Å². The summed E-state index contributed by atoms with van der Waals surface area (Å²) >= 11 is 0. The van der Waals surface area contributed by atoms with Gasteiger partial charge >= 0.3 is 0 Å². The minimum atomic E-state index is 0.168. The van der Waals surface area contributed by atoms with E-state index in [9.17, 15) is 19.2 Å². The Morgan fingerprint density at radius 2 is 0.523 bits per heavy atom. The number of carbonyl (C=O) groups excluding carboxylic acids is 4. The standard InChI is InChI=1S/C30H36N2O.C30H24N2O.C28H22N4O.C26H22N4O/c2*1-21-12-14-22(15-13-21)18-26(33)19-23-16-17-27-28(20-23)32-30(25-10-6-3-7-11-25)29(31-27)24-8-4-2-5-9-24;1-19-8-10-20(11-9-19)16-22(33)17-21-12-13-23-26(18-21)32-28(25-7-3-5-15-30-25)27(31-23)24-6-2-4-14-29-24;1-17-6-8-18(9-7-17)14-20(31)15-19-10-11-21-24(16-19)30-26(23-5-3-13-28-23)25(29-21)22-4-2-12-27-22/h12-17,20,24-25H,2-11,18-19H2,1H3;2-17,20H,18-19H2,1H3;2-15,18H,16-17H2,1H3;2-13,16,27-28H,14-15H2,1H3. The number of nitrogens with zero attached hydrogens (tertiary/aromatic N) is 10. The highest BCUT2D eigenvalue weighted by atomic mass is 16.1. The highest BCUT2D eigenvalue weighted by Crippen LogP contribution is 2.42. The second-order valence-electron chi connectivity index (χ2n) is 34.6. The first-order valence-corrected chi connectivity index (χ1v) is 45.3. The van der Waals surface area contributed by atoms with Crippen LogP contribution in [0.1, 0.15) is 154 Å². The van der Waals surface area contributed by atoms with E-state index in [1.807, 2.05) is 251 Å². The molecule has 0 bridgehead atoms. The van der Waals surface area contributed by atoms with Gasteiger partial charge in [-0.3, -0.25) is 29.1 Å². The number of Topliss-reactive ketones (excluding diaryl/α,β-unsaturated/α-hetero) is 4. The monoisotopic (exact) mass is 1700 g/mol. The number of rotatable bonds is 24. The fraction of sp³-hybridized carbons (Fsp3) is 0.211. The summed E-state index contributed by atoms with van der Waals surface area (Å²) in [7, 11) is 0. The number of nitrogens with one attached hydrogen (secondary N) is 2. The van der Waals surface area contributed by atoms with Crippen LogP contribution in [-0.4, -0.2) is 82.9 Å². The van der Waals surface area contributed by atoms with E-state index in [1.165, 1.54) is 97.8 Å². The normalized spacial score (nSPS) is 12.8. The molecule has 2 aliphatic carbocycles. The summed E-state index contributed by atoms with van der Waals surface area (Å²) in [6.07, 6.45) is 23.5. The molecule has 0 spiro atoms. The molecule has 2 fully saturated rings. The Morgan fingerprint density at radius 1 is 0.254 bits per heavy atom. The lowest BCUT2D eigenvalue weighted by Crippen LogP contribution is -2.16. The molecule has 0 saturated heterocycles. The van der Waals surface area contributed by atoms with Crippen molar-refractivity contribution in [3.63, 3.8) is 0 Å². The maximum atomic E-state index is 12.7. The molecule has 0 radical (unpaired) electrons. The number of aromatic amines is 2. The van der Waals surface area contributed by atoms with E-state index in [1.54, 1.807) is 12.4 Å². The maximum absolute atomic E-state index is 12.7. The van der Waals surface area contributed by atoms with Crippen LogP contribution < -0.4 is 0 Å². The van der Waals surface area contributed by atoms with E-state index in [0.29, 0.717) is 74.6 Å². The van der Waals surface area contributed by atoms with Crippen molar-refractivity contribution in [2.45, 2.75) is 155 Å². The molecule has 130 heavy (non-hydrogen) atoms. The van der Waals surface area contributed by atoms with E-state index >= 15 is 0 Å². The summed E-state index contributed by atoms with van der Waals surface area (Å²) in [4.78, 5) is 106. The number of hydrogen-bond acceptors (Lipinski definition) is 14. The quantitative estimate of drug-likeness (QED) is 0.0573. The Bertz CT molecular complexity index is 6720. The molecular weight excluding hydrogens is 1600 g/mol. The van der Waals surface area contributed by atoms with Crippen molar-refractivity contribution in [2.24, 2.45) is 0 Å². The fourth-order valence-electron chi connectivity index (χ4n) is 17.4. The van der Waals surface area contributed by atoms with E-state index in [-0.39, 0.29) is 23.1 Å². The third kappa shape index (κ3) is 22.5. The van der Waals surface area contributed by atoms with Crippen LogP contribution in [0.5, 0.6) is 0 Å². The molecular formula is C114H104N12O4. The molecule has 2 N–H and O–H groups in total. The number of ketones is 4. The second-order valence-corrected chi connectivity index (χ2v) is 34.6. The molecule has 8 heterocycles. The van der Waals surface area contributed by atoms with Gasteiger partial charge in [0, 0.05) is 99.1 Å². The van der Waals surface area contributed by atoms with Crippen LogP contribution in [0.25, 0.3) is 112 Å². The summed E-state index contributed by atoms with van der Waals surface area (Å²) in [5, 5.41) is 0. The van der Waals surface area contributed by atoms with Crippen LogP contribution in [0.2, 0.25) is 0 Å². The van der Waals surface area contributed by atoms with Gasteiger partial charge in [-0.1, -0.05) is 255 Å². The minimum Gasteiger partial charge on any atom is -0.360 e. The fourth-order valence-corrected chi connectivity index (χ4v) is 17.4. The van der Waals surface area contributed by atoms with Crippen LogP contribution in [0.4, 0.5) is 0 Å². The third-order valence-corrected chi connectivity index (χ3v) is 24.3. The first-order chi connectivity index (χ1) is 63.6. The molecule has 2 saturated carbocycles. The zero-order chi connectivity index (χ0) is 89.1. The van der Waals surface area contributed by atoms with E-state index in [4.69, 9.17) is 39.9 Å². The van der Waals surface area contributed by atoms with Gasteiger partial charge in [-0.25, -0.2) is 39.9 Å². The van der Waals surface area contributed by atoms with Gasteiger partial charge in [-0.15, -0.1) is 0 Å². The van der Waals surface area contributed by atoms with Gasteiger partial charge in [0.15, 0.2) is 0 Å². The number of benzene rings is 10. The van der Waals surface area contributed by atoms with Crippen molar-refractivity contribution < 1.29 is 19.2 Å². The third-order valence-electron chi connectivity index (χ3n) is 24.3. The topological polar surface area (TPSA) is 229 Å². The molecule has 0 amide bonds. The van der Waals surface area contributed by atoms with Crippen molar-refractivity contribution in [1.82, 2.24) is 59.8 Å². The highest BCUT2D eigenvalue weighted by Gasteiger charge is 2.29. The molecule has 0 aliphatic heterocycles. The number of aryl methyl sites for hydroxylation is 4. The molecule has 18 aromatic rings. The molecule has 20 rings (SSSR count). The van der Waals surface area contributed by atoms with Crippen LogP contribution in [0.15, 0.2) is 316 Å². The Morgan fingerprint density at radius 3 is 0.846 bits per heavy atom. The lowest BCUT2D eigenvalue weighted by Gasteiger charge is -2.28. The lowest BCUT2D eigenvalue weighted by atomic mass is 9.80. The van der Waals surface area contributed by atoms with Gasteiger partial charge in [-0.2, -0.15) is 0 Å². The Kier molecular flexibility index (Phi) is 28.0. The molecule has 10 aromatic carbocycles. The number of hydrogen-bond donors (Lipinski definition) is 2. The predicted molar refractivity (Wildman–Crippen MR) is 521 cm³/mol. The van der Waals surface area contributed by atoms with Crippen molar-refractivity contribution in [2.75, 3.05) is 0 Å². The molecule has 0 unspecified atom stereocenters. The van der Waals surface area contributed by atoms with Crippen molar-refractivity contribution in [3.8, 4) is 68.1 Å². The summed E-state index contributed by atoms with van der Waals surface area (Å²) in [5.74, 6) is 1.92. The summed E-state index contributed by atoms with van der Waals surface area (Å²) in [5.41, 5.74) is 32.1. The summed E-state index contributed by atoms with van der Waals surface area (Å²) in [6, 6.07) is 96.1.